The van der Waals surface area contributed by atoms with Gasteiger partial charge in [0.05, 0.1) is 13.4 Å². The molecule has 0 aliphatic rings. The number of hydrogen-bond donors (Lipinski definition) is 2. The van der Waals surface area contributed by atoms with E-state index in [9.17, 15) is 0 Å². The molecule has 0 aliphatic carbocycles. The third-order valence-electron chi connectivity index (χ3n) is 2.95. The molecule has 7 heteroatoms. The van der Waals surface area contributed by atoms with Crippen LogP contribution < -0.4 is 10.5 Å². The highest BCUT2D eigenvalue weighted by atomic mass is 16.5. The van der Waals surface area contributed by atoms with E-state index in [1.54, 1.807) is 6.33 Å². The maximum absolute atomic E-state index is 8.72. The van der Waals surface area contributed by atoms with Crippen LogP contribution in [0.5, 0.6) is 5.88 Å². The Morgan fingerprint density at radius 2 is 2.05 bits per heavy atom. The number of aliphatic hydroxyl groups is 1. The Kier molecular flexibility index (Phi) is 4.51. The van der Waals surface area contributed by atoms with Gasteiger partial charge in [0.15, 0.2) is 11.2 Å². The molecular weight excluding hydrogens is 246 g/mol. The Balaban J connectivity index is 2.09. The van der Waals surface area contributed by atoms with Gasteiger partial charge in [0.1, 0.15) is 0 Å². The summed E-state index contributed by atoms with van der Waals surface area (Å²) in [4.78, 5) is 12.5. The minimum Gasteiger partial charge on any atom is -0.479 e. The SMILES string of the molecule is COc1nc(N)nc2c1ncn2CCCCCCO. The number of ether oxygens (including phenoxy) is 1. The average molecular weight is 265 g/mol. The summed E-state index contributed by atoms with van der Waals surface area (Å²) in [6.45, 7) is 1.08. The monoisotopic (exact) mass is 265 g/mol. The molecule has 0 spiro atoms. The summed E-state index contributed by atoms with van der Waals surface area (Å²) in [5, 5.41) is 8.72. The van der Waals surface area contributed by atoms with Crippen LogP contribution in [-0.4, -0.2) is 38.3 Å². The van der Waals surface area contributed by atoms with Crippen molar-refractivity contribution in [3.8, 4) is 5.88 Å². The second-order valence-corrected chi connectivity index (χ2v) is 4.34. The molecule has 2 heterocycles. The second kappa shape index (κ2) is 6.33. The molecule has 2 aromatic heterocycles. The predicted octanol–water partition coefficient (Wildman–Crippen LogP) is 0.970. The normalized spacial score (nSPS) is 11.1. The number of aromatic nitrogens is 4. The van der Waals surface area contributed by atoms with Gasteiger partial charge in [-0.15, -0.1) is 0 Å². The second-order valence-electron chi connectivity index (χ2n) is 4.34. The summed E-state index contributed by atoms with van der Waals surface area (Å²) in [6, 6.07) is 0. The number of aliphatic hydroxyl groups excluding tert-OH is 1. The van der Waals surface area contributed by atoms with Gasteiger partial charge in [0, 0.05) is 13.2 Å². The standard InChI is InChI=1S/C12H19N5O2/c1-19-11-9-10(15-12(13)16-11)17(8-14-9)6-4-2-3-5-7-18/h8,18H,2-7H2,1H3,(H2,13,15,16). The lowest BCUT2D eigenvalue weighted by molar-refractivity contribution is 0.282. The maximum atomic E-state index is 8.72. The van der Waals surface area contributed by atoms with Gasteiger partial charge >= 0.3 is 0 Å². The first-order valence-corrected chi connectivity index (χ1v) is 6.39. The van der Waals surface area contributed by atoms with Gasteiger partial charge in [0.2, 0.25) is 11.8 Å². The van der Waals surface area contributed by atoms with Gasteiger partial charge in [-0.1, -0.05) is 12.8 Å². The summed E-state index contributed by atoms with van der Waals surface area (Å²) in [5.74, 6) is 0.591. The first-order valence-electron chi connectivity index (χ1n) is 6.39. The van der Waals surface area contributed by atoms with E-state index in [2.05, 4.69) is 15.0 Å². The molecule has 0 radical (unpaired) electrons. The molecule has 3 N–H and O–H groups in total. The van der Waals surface area contributed by atoms with E-state index >= 15 is 0 Å². The molecule has 2 aromatic rings. The van der Waals surface area contributed by atoms with Crippen LogP contribution in [0, 0.1) is 0 Å². The van der Waals surface area contributed by atoms with Crippen molar-refractivity contribution >= 4 is 17.1 Å². The van der Waals surface area contributed by atoms with Crippen LogP contribution in [0.2, 0.25) is 0 Å². The Morgan fingerprint density at radius 3 is 2.79 bits per heavy atom. The topological polar surface area (TPSA) is 99.1 Å². The number of rotatable bonds is 7. The molecule has 0 aliphatic heterocycles. The van der Waals surface area contributed by atoms with Crippen LogP contribution in [-0.2, 0) is 6.54 Å². The van der Waals surface area contributed by atoms with Crippen LogP contribution in [0.3, 0.4) is 0 Å². The summed E-state index contributed by atoms with van der Waals surface area (Å²) in [7, 11) is 1.54. The molecular formula is C12H19N5O2. The summed E-state index contributed by atoms with van der Waals surface area (Å²) < 4.78 is 7.10. The van der Waals surface area contributed by atoms with Crippen LogP contribution in [0.1, 0.15) is 25.7 Å². The number of imidazole rings is 1. The third-order valence-corrected chi connectivity index (χ3v) is 2.95. The van der Waals surface area contributed by atoms with Gasteiger partial charge in [0.25, 0.3) is 0 Å². The van der Waals surface area contributed by atoms with Crippen LogP contribution in [0.4, 0.5) is 5.95 Å². The molecule has 0 fully saturated rings. The molecule has 0 unspecified atom stereocenters. The van der Waals surface area contributed by atoms with E-state index in [0.29, 0.717) is 17.0 Å². The fourth-order valence-electron chi connectivity index (χ4n) is 1.99. The molecule has 0 saturated heterocycles. The quantitative estimate of drug-likeness (QED) is 0.724. The zero-order chi connectivity index (χ0) is 13.7. The van der Waals surface area contributed by atoms with E-state index in [0.717, 1.165) is 32.2 Å². The fraction of sp³-hybridized carbons (Fsp3) is 0.583. The summed E-state index contributed by atoms with van der Waals surface area (Å²) in [6.07, 6.45) is 5.69. The van der Waals surface area contributed by atoms with Crippen molar-refractivity contribution in [2.24, 2.45) is 0 Å². The van der Waals surface area contributed by atoms with Crippen LogP contribution >= 0.6 is 0 Å². The number of nitrogens with zero attached hydrogens (tertiary/aromatic N) is 4. The van der Waals surface area contributed by atoms with Crippen molar-refractivity contribution < 1.29 is 9.84 Å². The maximum Gasteiger partial charge on any atom is 0.246 e. The molecule has 7 nitrogen and oxygen atoms in total. The zero-order valence-electron chi connectivity index (χ0n) is 11.0. The molecule has 0 aromatic carbocycles. The first-order chi connectivity index (χ1) is 9.26. The van der Waals surface area contributed by atoms with Crippen molar-refractivity contribution in [1.29, 1.82) is 0 Å². The minimum atomic E-state index is 0.186. The van der Waals surface area contributed by atoms with E-state index < -0.39 is 0 Å². The molecule has 104 valence electrons. The fourth-order valence-corrected chi connectivity index (χ4v) is 1.99. The summed E-state index contributed by atoms with van der Waals surface area (Å²) >= 11 is 0. The molecule has 0 saturated carbocycles. The van der Waals surface area contributed by atoms with Crippen molar-refractivity contribution in [3.05, 3.63) is 6.33 Å². The van der Waals surface area contributed by atoms with Gasteiger partial charge < -0.3 is 20.1 Å². The number of anilines is 1. The largest absolute Gasteiger partial charge is 0.479 e. The number of fused-ring (bicyclic) bond motifs is 1. The lowest BCUT2D eigenvalue weighted by Gasteiger charge is -2.05. The van der Waals surface area contributed by atoms with Crippen molar-refractivity contribution in [1.82, 2.24) is 19.5 Å². The number of unbranched alkanes of at least 4 members (excludes halogenated alkanes) is 3. The molecule has 0 bridgehead atoms. The van der Waals surface area contributed by atoms with Crippen molar-refractivity contribution in [3.63, 3.8) is 0 Å². The Labute approximate surface area is 111 Å². The van der Waals surface area contributed by atoms with Gasteiger partial charge in [-0.3, -0.25) is 0 Å². The number of hydrogen-bond acceptors (Lipinski definition) is 6. The highest BCUT2D eigenvalue weighted by molar-refractivity contribution is 5.77. The Hall–Kier alpha value is -1.89. The van der Waals surface area contributed by atoms with E-state index in [4.69, 9.17) is 15.6 Å². The lowest BCUT2D eigenvalue weighted by Crippen LogP contribution is -2.02. The van der Waals surface area contributed by atoms with Gasteiger partial charge in [-0.2, -0.15) is 9.97 Å². The van der Waals surface area contributed by atoms with E-state index in [-0.39, 0.29) is 12.6 Å². The predicted molar refractivity (Wildman–Crippen MR) is 71.8 cm³/mol. The minimum absolute atomic E-state index is 0.186. The van der Waals surface area contributed by atoms with E-state index in [1.807, 2.05) is 4.57 Å². The van der Waals surface area contributed by atoms with Gasteiger partial charge in [-0.05, 0) is 12.8 Å². The zero-order valence-corrected chi connectivity index (χ0v) is 11.0. The first kappa shape index (κ1) is 13.5. The molecule has 19 heavy (non-hydrogen) atoms. The number of nitrogen functional groups attached to an aromatic ring is 1. The highest BCUT2D eigenvalue weighted by Gasteiger charge is 2.12. The van der Waals surface area contributed by atoms with E-state index in [1.165, 1.54) is 7.11 Å². The average Bonchev–Trinajstić information content (AvgIpc) is 2.81. The van der Waals surface area contributed by atoms with Crippen LogP contribution in [0.25, 0.3) is 11.2 Å². The van der Waals surface area contributed by atoms with Crippen molar-refractivity contribution in [2.45, 2.75) is 32.2 Å². The Bertz CT molecular complexity index is 540. The smallest absolute Gasteiger partial charge is 0.246 e. The summed E-state index contributed by atoms with van der Waals surface area (Å²) in [5.41, 5.74) is 6.98. The van der Waals surface area contributed by atoms with Crippen LogP contribution in [0.15, 0.2) is 6.33 Å². The highest BCUT2D eigenvalue weighted by Crippen LogP contribution is 2.21. The third kappa shape index (κ3) is 3.11. The molecule has 2 rings (SSSR count). The molecule has 0 atom stereocenters. The Morgan fingerprint density at radius 1 is 1.26 bits per heavy atom. The van der Waals surface area contributed by atoms with Crippen molar-refractivity contribution in [2.75, 3.05) is 19.5 Å². The molecule has 0 amide bonds. The lowest BCUT2D eigenvalue weighted by atomic mass is 10.2. The number of nitrogens with two attached hydrogens (primary N) is 1. The number of methoxy groups -OCH3 is 1. The number of aryl methyl sites for hydroxylation is 1. The van der Waals surface area contributed by atoms with Gasteiger partial charge in [-0.25, -0.2) is 4.98 Å².